The molecule has 0 heterocycles. The Balaban J connectivity index is 1.67. The Morgan fingerprint density at radius 1 is 0.493 bits per heavy atom. The number of hydrogen-bond acceptors (Lipinski definition) is 17. The molecule has 2 aromatic rings. The fraction of sp³-hybridized carbons (Fsp3) is 0.578. The van der Waals surface area contributed by atoms with Crippen molar-refractivity contribution in [1.29, 1.82) is 0 Å². The molecule has 0 saturated carbocycles. The van der Waals surface area contributed by atoms with Crippen molar-refractivity contribution in [1.82, 2.24) is 15.5 Å². The summed E-state index contributed by atoms with van der Waals surface area (Å²) in [6.45, 7) is 9.95. The number of rotatable bonds is 40. The third-order valence-electron chi connectivity index (χ3n) is 8.42. The van der Waals surface area contributed by atoms with Crippen molar-refractivity contribution in [3.8, 4) is 0 Å². The minimum absolute atomic E-state index is 0.0329. The second-order valence-electron chi connectivity index (χ2n) is 14.1. The molecule has 2 rings (SSSR count). The van der Waals surface area contributed by atoms with E-state index in [4.69, 9.17) is 37.9 Å². The molecule has 5 amide bonds. The number of anilines is 2. The van der Waals surface area contributed by atoms with Crippen molar-refractivity contribution in [2.45, 2.75) is 20.8 Å². The Bertz CT molecular complexity index is 1630. The Morgan fingerprint density at radius 3 is 1.25 bits per heavy atom. The summed E-state index contributed by atoms with van der Waals surface area (Å²) in [5, 5.41) is 11.2. The first-order valence-electron chi connectivity index (χ1n) is 21.9. The number of amides is 5. The molecule has 0 radical (unpaired) electrons. The molecule has 0 aromatic heterocycles. The minimum Gasteiger partial charge on any atom is -0.447 e. The summed E-state index contributed by atoms with van der Waals surface area (Å²) >= 11 is 2.84. The van der Waals surface area contributed by atoms with Gasteiger partial charge < -0.3 is 64.1 Å². The van der Waals surface area contributed by atoms with Crippen LogP contribution >= 0.6 is 23.5 Å². The lowest BCUT2D eigenvalue weighted by molar-refractivity contribution is -0.122. The largest absolute Gasteiger partial charge is 0.447 e. The standard InChI is InChI=1S/C45H67N5O15S2/c1-4-58-25-26-65-45(57)50(15-13-46-43(55)37-5-9-39(10-6-37)48-41(53)33-66-29-27-61-19-17-59-21-23-63-31-35(2)51)16-14-47-44(56)38-7-11-40(12-8-38)49-42(54)34-67-30-28-62-20-18-60-22-24-64-32-36(3)52/h5-12H,4,13-34H2,1-3H3,(H,46,55)(H,47,56)(H,48,53)(H,49,54). The SMILES string of the molecule is CCOCCOC(=O)N(CCNC(=O)c1ccc(NC(=O)CSCCOCCOCCOCC(C)=O)cc1)CCNC(=O)c1ccc(NC(=O)CSCCOCCOCCOCC(C)=O)cc1. The summed E-state index contributed by atoms with van der Waals surface area (Å²) < 4.78 is 42.5. The zero-order chi connectivity index (χ0) is 48.7. The quantitative estimate of drug-likeness (QED) is 0.0702. The van der Waals surface area contributed by atoms with Crippen molar-refractivity contribution in [2.24, 2.45) is 0 Å². The van der Waals surface area contributed by atoms with Gasteiger partial charge in [-0.25, -0.2) is 4.79 Å². The number of ether oxygens (including phenoxy) is 8. The van der Waals surface area contributed by atoms with Crippen LogP contribution in [0.3, 0.4) is 0 Å². The first-order chi connectivity index (χ1) is 32.5. The number of nitrogens with zero attached hydrogens (tertiary/aromatic N) is 1. The second kappa shape index (κ2) is 38.3. The summed E-state index contributed by atoms with van der Waals surface area (Å²) in [5.41, 5.74) is 1.77. The fourth-order valence-electron chi connectivity index (χ4n) is 5.21. The molecule has 0 spiro atoms. The number of hydrogen-bond donors (Lipinski definition) is 4. The number of benzene rings is 2. The van der Waals surface area contributed by atoms with Gasteiger partial charge in [-0.2, -0.15) is 0 Å². The van der Waals surface area contributed by atoms with Gasteiger partial charge >= 0.3 is 6.09 Å². The van der Waals surface area contributed by atoms with E-state index in [2.05, 4.69) is 21.3 Å². The molecule has 0 aliphatic rings. The molecular weight excluding hydrogens is 915 g/mol. The normalized spacial score (nSPS) is 10.9. The number of carbonyl (C=O) groups excluding carboxylic acids is 7. The van der Waals surface area contributed by atoms with Crippen LogP contribution in [0.2, 0.25) is 0 Å². The zero-order valence-corrected chi connectivity index (χ0v) is 40.4. The van der Waals surface area contributed by atoms with Crippen LogP contribution in [0.15, 0.2) is 48.5 Å². The molecule has 2 aromatic carbocycles. The monoisotopic (exact) mass is 981 g/mol. The number of carbonyl (C=O) groups is 7. The summed E-state index contributed by atoms with van der Waals surface area (Å²) in [6, 6.07) is 12.8. The van der Waals surface area contributed by atoms with E-state index in [9.17, 15) is 33.6 Å². The molecule has 4 N–H and O–H groups in total. The fourth-order valence-corrected chi connectivity index (χ4v) is 6.49. The van der Waals surface area contributed by atoms with E-state index in [0.29, 0.717) is 107 Å². The predicted octanol–water partition coefficient (Wildman–Crippen LogP) is 2.94. The average molecular weight is 982 g/mol. The summed E-state index contributed by atoms with van der Waals surface area (Å²) in [6.07, 6.45) is -0.634. The van der Waals surface area contributed by atoms with Gasteiger partial charge in [-0.05, 0) is 69.3 Å². The van der Waals surface area contributed by atoms with Crippen LogP contribution in [-0.2, 0) is 57.1 Å². The van der Waals surface area contributed by atoms with Crippen LogP contribution in [0, 0.1) is 0 Å². The van der Waals surface area contributed by atoms with Gasteiger partial charge in [0.05, 0.1) is 84.2 Å². The van der Waals surface area contributed by atoms with Gasteiger partial charge in [-0.15, -0.1) is 23.5 Å². The average Bonchev–Trinajstić information content (AvgIpc) is 3.30. The molecule has 0 saturated heterocycles. The lowest BCUT2D eigenvalue weighted by Crippen LogP contribution is -2.43. The third-order valence-corrected chi connectivity index (χ3v) is 10.3. The first-order valence-corrected chi connectivity index (χ1v) is 24.3. The van der Waals surface area contributed by atoms with E-state index in [-0.39, 0.29) is 99.3 Å². The molecule has 0 aliphatic carbocycles. The molecule has 67 heavy (non-hydrogen) atoms. The number of Topliss-reactive ketones (excluding diaryl/α,β-unsaturated/α-hetero) is 2. The van der Waals surface area contributed by atoms with E-state index in [0.717, 1.165) is 0 Å². The van der Waals surface area contributed by atoms with Crippen molar-refractivity contribution in [3.05, 3.63) is 59.7 Å². The van der Waals surface area contributed by atoms with E-state index in [1.54, 1.807) is 48.5 Å². The molecule has 22 heteroatoms. The van der Waals surface area contributed by atoms with Gasteiger partial charge in [0.15, 0.2) is 11.6 Å². The number of ketones is 2. The highest BCUT2D eigenvalue weighted by molar-refractivity contribution is 8.00. The second-order valence-corrected chi connectivity index (χ2v) is 16.3. The number of thioether (sulfide) groups is 2. The highest BCUT2D eigenvalue weighted by atomic mass is 32.2. The highest BCUT2D eigenvalue weighted by Crippen LogP contribution is 2.12. The third kappa shape index (κ3) is 31.1. The molecule has 374 valence electrons. The van der Waals surface area contributed by atoms with Gasteiger partial charge in [-0.1, -0.05) is 0 Å². The van der Waals surface area contributed by atoms with Crippen LogP contribution in [0.25, 0.3) is 0 Å². The predicted molar refractivity (Wildman–Crippen MR) is 255 cm³/mol. The summed E-state index contributed by atoms with van der Waals surface area (Å²) in [7, 11) is 0. The Hall–Kier alpha value is -4.65. The maximum Gasteiger partial charge on any atom is 0.409 e. The van der Waals surface area contributed by atoms with E-state index >= 15 is 0 Å². The molecule has 0 aliphatic heterocycles. The van der Waals surface area contributed by atoms with Gasteiger partial charge in [0.2, 0.25) is 11.8 Å². The number of nitrogens with one attached hydrogen (secondary N) is 4. The summed E-state index contributed by atoms with van der Waals surface area (Å²) in [4.78, 5) is 86.6. The molecule has 20 nitrogen and oxygen atoms in total. The van der Waals surface area contributed by atoms with Crippen LogP contribution in [-0.4, -0.2) is 194 Å². The van der Waals surface area contributed by atoms with Crippen LogP contribution in [0.5, 0.6) is 0 Å². The van der Waals surface area contributed by atoms with Gasteiger partial charge in [0.1, 0.15) is 19.8 Å². The maximum absolute atomic E-state index is 12.9. The summed E-state index contributed by atoms with van der Waals surface area (Å²) in [5.74, 6) is 0.441. The van der Waals surface area contributed by atoms with Crippen LogP contribution in [0.4, 0.5) is 16.2 Å². The minimum atomic E-state index is -0.634. The maximum atomic E-state index is 12.9. The Kier molecular flexibility index (Phi) is 33.5. The molecular formula is C45H67N5O15S2. The topological polar surface area (TPSA) is 245 Å². The van der Waals surface area contributed by atoms with Crippen molar-refractivity contribution < 1.29 is 71.5 Å². The van der Waals surface area contributed by atoms with Crippen molar-refractivity contribution >= 4 is 76.2 Å². The zero-order valence-electron chi connectivity index (χ0n) is 38.8. The highest BCUT2D eigenvalue weighted by Gasteiger charge is 2.17. The first kappa shape index (κ1) is 58.5. The molecule has 0 unspecified atom stereocenters. The van der Waals surface area contributed by atoms with E-state index in [1.165, 1.54) is 42.3 Å². The van der Waals surface area contributed by atoms with Crippen molar-refractivity contribution in [2.75, 3.05) is 159 Å². The lowest BCUT2D eigenvalue weighted by atomic mass is 10.2. The van der Waals surface area contributed by atoms with Crippen molar-refractivity contribution in [3.63, 3.8) is 0 Å². The Labute approximate surface area is 401 Å². The molecule has 0 bridgehead atoms. The van der Waals surface area contributed by atoms with Gasteiger partial charge in [0.25, 0.3) is 11.8 Å². The molecule has 0 fully saturated rings. The molecule has 0 atom stereocenters. The van der Waals surface area contributed by atoms with E-state index < -0.39 is 6.09 Å². The van der Waals surface area contributed by atoms with Gasteiger partial charge in [-0.3, -0.25) is 28.8 Å². The van der Waals surface area contributed by atoms with Gasteiger partial charge in [0, 0.05) is 66.8 Å². The van der Waals surface area contributed by atoms with E-state index in [1.807, 2.05) is 6.92 Å². The van der Waals surface area contributed by atoms with Crippen LogP contribution < -0.4 is 21.3 Å². The Morgan fingerprint density at radius 2 is 0.866 bits per heavy atom. The van der Waals surface area contributed by atoms with Crippen LogP contribution in [0.1, 0.15) is 41.5 Å². The lowest BCUT2D eigenvalue weighted by Gasteiger charge is -2.22. The smallest absolute Gasteiger partial charge is 0.409 e.